The van der Waals surface area contributed by atoms with Gasteiger partial charge in [-0.2, -0.15) is 5.10 Å². The summed E-state index contributed by atoms with van der Waals surface area (Å²) in [5.74, 6) is 2.76. The van der Waals surface area contributed by atoms with Crippen LogP contribution in [-0.2, 0) is 0 Å². The van der Waals surface area contributed by atoms with Crippen molar-refractivity contribution in [1.29, 1.82) is 0 Å². The van der Waals surface area contributed by atoms with Crippen LogP contribution in [0.25, 0.3) is 0 Å². The lowest BCUT2D eigenvalue weighted by Gasteiger charge is -2.32. The molecule has 1 aliphatic heterocycles. The van der Waals surface area contributed by atoms with Crippen LogP contribution in [0.4, 0.5) is 5.82 Å². The lowest BCUT2D eigenvalue weighted by atomic mass is 10.1. The SMILES string of the molecule is c1cnn(C2CCN(c3ccnc(C4CC4)n3)CC2)c1. The van der Waals surface area contributed by atoms with E-state index in [-0.39, 0.29) is 0 Å². The first-order chi connectivity index (χ1) is 9.90. The van der Waals surface area contributed by atoms with Gasteiger partial charge in [0.1, 0.15) is 11.6 Å². The number of rotatable bonds is 3. The molecule has 0 unspecified atom stereocenters. The summed E-state index contributed by atoms with van der Waals surface area (Å²) in [4.78, 5) is 11.5. The Morgan fingerprint density at radius 3 is 2.60 bits per heavy atom. The van der Waals surface area contributed by atoms with Crippen molar-refractivity contribution in [2.24, 2.45) is 0 Å². The van der Waals surface area contributed by atoms with Crippen LogP contribution in [0.5, 0.6) is 0 Å². The fourth-order valence-electron chi connectivity index (χ4n) is 2.93. The van der Waals surface area contributed by atoms with Crippen molar-refractivity contribution in [1.82, 2.24) is 19.7 Å². The quantitative estimate of drug-likeness (QED) is 0.858. The first-order valence-electron chi connectivity index (χ1n) is 7.47. The maximum Gasteiger partial charge on any atom is 0.133 e. The molecule has 2 aliphatic rings. The molecule has 20 heavy (non-hydrogen) atoms. The topological polar surface area (TPSA) is 46.8 Å². The van der Waals surface area contributed by atoms with Crippen LogP contribution >= 0.6 is 0 Å². The molecule has 5 heteroatoms. The molecule has 1 saturated carbocycles. The fourth-order valence-corrected chi connectivity index (χ4v) is 2.93. The summed E-state index contributed by atoms with van der Waals surface area (Å²) in [6.07, 6.45) is 10.6. The first kappa shape index (κ1) is 11.9. The van der Waals surface area contributed by atoms with Crippen LogP contribution < -0.4 is 4.90 Å². The Hall–Kier alpha value is -1.91. The van der Waals surface area contributed by atoms with Gasteiger partial charge in [-0.15, -0.1) is 0 Å². The maximum atomic E-state index is 4.74. The third kappa shape index (κ3) is 2.28. The van der Waals surface area contributed by atoms with Gasteiger partial charge in [-0.25, -0.2) is 9.97 Å². The van der Waals surface area contributed by atoms with Crippen molar-refractivity contribution in [3.63, 3.8) is 0 Å². The minimum Gasteiger partial charge on any atom is -0.356 e. The van der Waals surface area contributed by atoms with Gasteiger partial charge in [0.2, 0.25) is 0 Å². The molecular formula is C15H19N5. The number of piperidine rings is 1. The van der Waals surface area contributed by atoms with Gasteiger partial charge in [0, 0.05) is 37.6 Å². The van der Waals surface area contributed by atoms with Gasteiger partial charge < -0.3 is 4.90 Å². The van der Waals surface area contributed by atoms with Gasteiger partial charge in [-0.3, -0.25) is 4.68 Å². The molecule has 0 atom stereocenters. The summed E-state index contributed by atoms with van der Waals surface area (Å²) >= 11 is 0. The highest BCUT2D eigenvalue weighted by Gasteiger charge is 2.28. The second kappa shape index (κ2) is 4.89. The molecule has 0 amide bonds. The van der Waals surface area contributed by atoms with Gasteiger partial charge >= 0.3 is 0 Å². The van der Waals surface area contributed by atoms with E-state index < -0.39 is 0 Å². The molecular weight excluding hydrogens is 250 g/mol. The summed E-state index contributed by atoms with van der Waals surface area (Å²) in [5.41, 5.74) is 0. The molecule has 2 fully saturated rings. The number of hydrogen-bond donors (Lipinski definition) is 0. The molecule has 0 N–H and O–H groups in total. The number of hydrogen-bond acceptors (Lipinski definition) is 4. The van der Waals surface area contributed by atoms with Crippen molar-refractivity contribution >= 4 is 5.82 Å². The van der Waals surface area contributed by atoms with Gasteiger partial charge in [-0.1, -0.05) is 0 Å². The van der Waals surface area contributed by atoms with E-state index in [2.05, 4.69) is 25.9 Å². The predicted octanol–water partition coefficient (Wildman–Crippen LogP) is 2.39. The molecule has 3 heterocycles. The van der Waals surface area contributed by atoms with E-state index in [4.69, 9.17) is 4.98 Å². The third-order valence-electron chi connectivity index (χ3n) is 4.29. The Morgan fingerprint density at radius 1 is 1.05 bits per heavy atom. The minimum atomic E-state index is 0.533. The van der Waals surface area contributed by atoms with Crippen LogP contribution in [0.1, 0.15) is 43.5 Å². The molecule has 0 spiro atoms. The highest BCUT2D eigenvalue weighted by Crippen LogP contribution is 2.38. The van der Waals surface area contributed by atoms with Crippen molar-refractivity contribution < 1.29 is 0 Å². The van der Waals surface area contributed by atoms with E-state index >= 15 is 0 Å². The van der Waals surface area contributed by atoms with Crippen LogP contribution in [0.2, 0.25) is 0 Å². The van der Waals surface area contributed by atoms with Crippen molar-refractivity contribution in [3.05, 3.63) is 36.5 Å². The summed E-state index contributed by atoms with van der Waals surface area (Å²) in [7, 11) is 0. The van der Waals surface area contributed by atoms with Crippen LogP contribution in [0.15, 0.2) is 30.7 Å². The number of nitrogens with zero attached hydrogens (tertiary/aromatic N) is 5. The van der Waals surface area contributed by atoms with Gasteiger partial charge in [0.15, 0.2) is 0 Å². The second-order valence-electron chi connectivity index (χ2n) is 5.75. The van der Waals surface area contributed by atoms with Crippen LogP contribution in [-0.4, -0.2) is 32.8 Å². The van der Waals surface area contributed by atoms with Crippen molar-refractivity contribution in [2.75, 3.05) is 18.0 Å². The zero-order chi connectivity index (χ0) is 13.4. The summed E-state index contributed by atoms with van der Waals surface area (Å²) in [6.45, 7) is 2.09. The summed E-state index contributed by atoms with van der Waals surface area (Å²) < 4.78 is 2.09. The maximum absolute atomic E-state index is 4.74. The zero-order valence-electron chi connectivity index (χ0n) is 11.5. The summed E-state index contributed by atoms with van der Waals surface area (Å²) in [6, 6.07) is 4.57. The molecule has 0 aromatic carbocycles. The van der Waals surface area contributed by atoms with Crippen molar-refractivity contribution in [2.45, 2.75) is 37.6 Å². The Bertz CT molecular complexity index is 568. The van der Waals surface area contributed by atoms with E-state index in [1.165, 1.54) is 12.8 Å². The van der Waals surface area contributed by atoms with E-state index in [9.17, 15) is 0 Å². The lowest BCUT2D eigenvalue weighted by Crippen LogP contribution is -2.35. The number of aromatic nitrogens is 4. The molecule has 2 aromatic heterocycles. The monoisotopic (exact) mass is 269 g/mol. The fraction of sp³-hybridized carbons (Fsp3) is 0.533. The van der Waals surface area contributed by atoms with Crippen LogP contribution in [0.3, 0.4) is 0 Å². The number of anilines is 1. The van der Waals surface area contributed by atoms with E-state index in [0.717, 1.165) is 37.6 Å². The average molecular weight is 269 g/mol. The molecule has 2 aromatic rings. The molecule has 1 saturated heterocycles. The minimum absolute atomic E-state index is 0.533. The average Bonchev–Trinajstić information content (AvgIpc) is 3.23. The van der Waals surface area contributed by atoms with E-state index in [0.29, 0.717) is 12.0 Å². The molecule has 0 radical (unpaired) electrons. The van der Waals surface area contributed by atoms with Gasteiger partial charge in [-0.05, 0) is 37.8 Å². The normalized spacial score (nSPS) is 20.3. The molecule has 104 valence electrons. The Kier molecular flexibility index (Phi) is 2.90. The van der Waals surface area contributed by atoms with Gasteiger partial charge in [0.25, 0.3) is 0 Å². The molecule has 5 nitrogen and oxygen atoms in total. The van der Waals surface area contributed by atoms with E-state index in [1.807, 2.05) is 24.5 Å². The Morgan fingerprint density at radius 2 is 1.90 bits per heavy atom. The standard InChI is InChI=1S/C15H19N5/c1-7-17-20(9-1)13-5-10-19(11-6-13)14-4-8-16-15(18-14)12-2-3-12/h1,4,7-9,12-13H,2-3,5-6,10-11H2. The smallest absolute Gasteiger partial charge is 0.133 e. The molecule has 1 aliphatic carbocycles. The Labute approximate surface area is 118 Å². The molecule has 0 bridgehead atoms. The largest absolute Gasteiger partial charge is 0.356 e. The highest BCUT2D eigenvalue weighted by atomic mass is 15.3. The summed E-state index contributed by atoms with van der Waals surface area (Å²) in [5, 5.41) is 4.36. The lowest BCUT2D eigenvalue weighted by molar-refractivity contribution is 0.366. The third-order valence-corrected chi connectivity index (χ3v) is 4.29. The predicted molar refractivity (Wildman–Crippen MR) is 76.7 cm³/mol. The van der Waals surface area contributed by atoms with E-state index in [1.54, 1.807) is 0 Å². The second-order valence-corrected chi connectivity index (χ2v) is 5.75. The van der Waals surface area contributed by atoms with Gasteiger partial charge in [0.05, 0.1) is 6.04 Å². The first-order valence-corrected chi connectivity index (χ1v) is 7.47. The zero-order valence-corrected chi connectivity index (χ0v) is 11.5. The highest BCUT2D eigenvalue weighted by molar-refractivity contribution is 5.38. The van der Waals surface area contributed by atoms with Crippen LogP contribution in [0, 0.1) is 0 Å². The molecule has 4 rings (SSSR count). The Balaban J connectivity index is 1.44. The van der Waals surface area contributed by atoms with Crippen molar-refractivity contribution in [3.8, 4) is 0 Å².